The summed E-state index contributed by atoms with van der Waals surface area (Å²) in [5.41, 5.74) is 9.07. The molecule has 0 fully saturated rings. The van der Waals surface area contributed by atoms with Crippen molar-refractivity contribution >= 4 is 17.5 Å². The van der Waals surface area contributed by atoms with Crippen LogP contribution in [0.4, 0.5) is 16.2 Å². The number of aryl methyl sites for hydroxylation is 2. The second-order valence-corrected chi connectivity index (χ2v) is 4.10. The molecule has 1 rings (SSSR count). The zero-order valence-electron chi connectivity index (χ0n) is 10.1. The van der Waals surface area contributed by atoms with Gasteiger partial charge in [-0.15, -0.1) is 0 Å². The highest BCUT2D eigenvalue weighted by Crippen LogP contribution is 2.22. The Kier molecular flexibility index (Phi) is 3.77. The molecule has 88 valence electrons. The number of carbonyl (C=O) groups is 1. The van der Waals surface area contributed by atoms with Gasteiger partial charge in [-0.1, -0.05) is 0 Å². The molecule has 0 heterocycles. The van der Waals surface area contributed by atoms with E-state index in [1.165, 1.54) is 0 Å². The van der Waals surface area contributed by atoms with E-state index in [9.17, 15) is 4.79 Å². The lowest BCUT2D eigenvalue weighted by Crippen LogP contribution is -2.18. The first-order valence-corrected chi connectivity index (χ1v) is 5.24. The van der Waals surface area contributed by atoms with Crippen molar-refractivity contribution in [2.45, 2.75) is 33.8 Å². The fraction of sp³-hybridized carbons (Fsp3) is 0.417. The molecule has 3 N–H and O–H groups in total. The second kappa shape index (κ2) is 4.88. The van der Waals surface area contributed by atoms with Crippen molar-refractivity contribution in [3.05, 3.63) is 23.3 Å². The van der Waals surface area contributed by atoms with E-state index in [1.54, 1.807) is 13.8 Å². The van der Waals surface area contributed by atoms with E-state index >= 15 is 0 Å². The van der Waals surface area contributed by atoms with Gasteiger partial charge in [0.2, 0.25) is 0 Å². The van der Waals surface area contributed by atoms with Gasteiger partial charge in [-0.25, -0.2) is 4.79 Å². The van der Waals surface area contributed by atoms with Crippen LogP contribution in [-0.2, 0) is 4.74 Å². The monoisotopic (exact) mass is 222 g/mol. The molecule has 0 atom stereocenters. The molecule has 0 saturated heterocycles. The highest BCUT2D eigenvalue weighted by Gasteiger charge is 2.08. The quantitative estimate of drug-likeness (QED) is 0.756. The number of hydrogen-bond donors (Lipinski definition) is 2. The van der Waals surface area contributed by atoms with E-state index in [4.69, 9.17) is 10.5 Å². The topological polar surface area (TPSA) is 64.3 Å². The van der Waals surface area contributed by atoms with Gasteiger partial charge >= 0.3 is 6.09 Å². The van der Waals surface area contributed by atoms with Gasteiger partial charge in [0.1, 0.15) is 0 Å². The van der Waals surface area contributed by atoms with Crippen LogP contribution in [-0.4, -0.2) is 12.2 Å². The molecule has 4 nitrogen and oxygen atoms in total. The smallest absolute Gasteiger partial charge is 0.411 e. The molecule has 1 aromatic rings. The fourth-order valence-corrected chi connectivity index (χ4v) is 1.33. The van der Waals surface area contributed by atoms with Gasteiger partial charge in [0.25, 0.3) is 0 Å². The molecular formula is C12H18N2O2. The maximum atomic E-state index is 11.4. The molecule has 0 spiro atoms. The predicted octanol–water partition coefficient (Wildman–Crippen LogP) is 2.84. The number of benzene rings is 1. The van der Waals surface area contributed by atoms with Gasteiger partial charge < -0.3 is 10.5 Å². The summed E-state index contributed by atoms with van der Waals surface area (Å²) in [5, 5.41) is 2.69. The van der Waals surface area contributed by atoms with Crippen molar-refractivity contribution in [2.75, 3.05) is 11.1 Å². The van der Waals surface area contributed by atoms with Crippen LogP contribution < -0.4 is 11.1 Å². The molecule has 4 heteroatoms. The number of carbonyl (C=O) groups excluding carboxylic acids is 1. The first kappa shape index (κ1) is 12.4. The Morgan fingerprint density at radius 2 is 1.94 bits per heavy atom. The number of ether oxygens (including phenoxy) is 1. The van der Waals surface area contributed by atoms with E-state index in [1.807, 2.05) is 26.0 Å². The summed E-state index contributed by atoms with van der Waals surface area (Å²) in [5.74, 6) is 0. The van der Waals surface area contributed by atoms with Crippen molar-refractivity contribution in [3.63, 3.8) is 0 Å². The Balaban J connectivity index is 2.81. The van der Waals surface area contributed by atoms with Crippen LogP contribution >= 0.6 is 0 Å². The average molecular weight is 222 g/mol. The fourth-order valence-electron chi connectivity index (χ4n) is 1.33. The number of nitrogens with two attached hydrogens (primary N) is 1. The number of rotatable bonds is 2. The van der Waals surface area contributed by atoms with Crippen LogP contribution in [0.2, 0.25) is 0 Å². The first-order valence-electron chi connectivity index (χ1n) is 5.24. The van der Waals surface area contributed by atoms with Crippen molar-refractivity contribution < 1.29 is 9.53 Å². The third-order valence-corrected chi connectivity index (χ3v) is 2.19. The van der Waals surface area contributed by atoms with Crippen LogP contribution in [0, 0.1) is 13.8 Å². The Bertz CT molecular complexity index is 400. The van der Waals surface area contributed by atoms with E-state index in [0.717, 1.165) is 22.5 Å². The van der Waals surface area contributed by atoms with Gasteiger partial charge in [0.15, 0.2) is 0 Å². The van der Waals surface area contributed by atoms with Crippen LogP contribution in [0.25, 0.3) is 0 Å². The molecular weight excluding hydrogens is 204 g/mol. The largest absolute Gasteiger partial charge is 0.447 e. The number of nitrogen functional groups attached to an aromatic ring is 1. The molecule has 16 heavy (non-hydrogen) atoms. The second-order valence-electron chi connectivity index (χ2n) is 4.10. The lowest BCUT2D eigenvalue weighted by atomic mass is 10.1. The molecule has 1 amide bonds. The summed E-state index contributed by atoms with van der Waals surface area (Å²) in [4.78, 5) is 11.4. The van der Waals surface area contributed by atoms with Crippen molar-refractivity contribution in [3.8, 4) is 0 Å². The number of hydrogen-bond acceptors (Lipinski definition) is 3. The van der Waals surface area contributed by atoms with Gasteiger partial charge in [-0.05, 0) is 51.0 Å². The minimum Gasteiger partial charge on any atom is -0.447 e. The molecule has 0 aromatic heterocycles. The first-order chi connectivity index (χ1) is 7.40. The molecule has 0 aliphatic rings. The minimum absolute atomic E-state index is 0.129. The molecule has 0 aliphatic carbocycles. The summed E-state index contributed by atoms with van der Waals surface area (Å²) in [6.07, 6.45) is -0.572. The van der Waals surface area contributed by atoms with Crippen LogP contribution in [0.5, 0.6) is 0 Å². The van der Waals surface area contributed by atoms with Crippen LogP contribution in [0.15, 0.2) is 12.1 Å². The van der Waals surface area contributed by atoms with Gasteiger partial charge in [-0.2, -0.15) is 0 Å². The third-order valence-electron chi connectivity index (χ3n) is 2.19. The predicted molar refractivity (Wildman–Crippen MR) is 65.6 cm³/mol. The Morgan fingerprint density at radius 3 is 2.50 bits per heavy atom. The summed E-state index contributed by atoms with van der Waals surface area (Å²) in [6.45, 7) is 7.40. The standard InChI is InChI=1S/C12H18N2O2/c1-7(2)16-12(15)14-11-6-8(3)10(13)5-9(11)4/h5-7H,13H2,1-4H3,(H,14,15). The highest BCUT2D eigenvalue weighted by atomic mass is 16.6. The number of nitrogens with one attached hydrogen (secondary N) is 1. The highest BCUT2D eigenvalue weighted by molar-refractivity contribution is 5.86. The van der Waals surface area contributed by atoms with Gasteiger partial charge in [0, 0.05) is 11.4 Å². The summed E-state index contributed by atoms with van der Waals surface area (Å²) < 4.78 is 5.00. The lowest BCUT2D eigenvalue weighted by molar-refractivity contribution is 0.130. The maximum absolute atomic E-state index is 11.4. The number of amides is 1. The number of anilines is 2. The molecule has 0 bridgehead atoms. The molecule has 1 aromatic carbocycles. The van der Waals surface area contributed by atoms with Crippen LogP contribution in [0.3, 0.4) is 0 Å². The zero-order valence-corrected chi connectivity index (χ0v) is 10.1. The molecule has 0 aliphatic heterocycles. The molecule has 0 radical (unpaired) electrons. The molecule has 0 unspecified atom stereocenters. The van der Waals surface area contributed by atoms with E-state index in [-0.39, 0.29) is 6.10 Å². The summed E-state index contributed by atoms with van der Waals surface area (Å²) >= 11 is 0. The lowest BCUT2D eigenvalue weighted by Gasteiger charge is -2.13. The minimum atomic E-state index is -0.442. The van der Waals surface area contributed by atoms with E-state index in [2.05, 4.69) is 5.32 Å². The third kappa shape index (κ3) is 3.15. The van der Waals surface area contributed by atoms with E-state index < -0.39 is 6.09 Å². The van der Waals surface area contributed by atoms with Crippen molar-refractivity contribution in [2.24, 2.45) is 0 Å². The summed E-state index contributed by atoms with van der Waals surface area (Å²) in [7, 11) is 0. The Hall–Kier alpha value is -1.71. The Morgan fingerprint density at radius 1 is 1.31 bits per heavy atom. The normalized spacial score (nSPS) is 10.3. The van der Waals surface area contributed by atoms with Gasteiger partial charge in [0.05, 0.1) is 6.10 Å². The maximum Gasteiger partial charge on any atom is 0.411 e. The van der Waals surface area contributed by atoms with E-state index in [0.29, 0.717) is 0 Å². The zero-order chi connectivity index (χ0) is 12.3. The average Bonchev–Trinajstić information content (AvgIpc) is 2.12. The van der Waals surface area contributed by atoms with Crippen molar-refractivity contribution in [1.82, 2.24) is 0 Å². The SMILES string of the molecule is Cc1cc(NC(=O)OC(C)C)c(C)cc1N. The van der Waals surface area contributed by atoms with Gasteiger partial charge in [-0.3, -0.25) is 5.32 Å². The Labute approximate surface area is 95.8 Å². The molecule has 0 saturated carbocycles. The van der Waals surface area contributed by atoms with Crippen LogP contribution in [0.1, 0.15) is 25.0 Å². The van der Waals surface area contributed by atoms with Crippen molar-refractivity contribution in [1.29, 1.82) is 0 Å². The summed E-state index contributed by atoms with van der Waals surface area (Å²) in [6, 6.07) is 3.67.